The molecular formula is C14H16BrN3O3. The molecule has 1 aromatic rings. The molecule has 1 aliphatic rings. The molecule has 1 aliphatic heterocycles. The molecule has 7 heteroatoms. The van der Waals surface area contributed by atoms with Crippen molar-refractivity contribution >= 4 is 39.3 Å². The summed E-state index contributed by atoms with van der Waals surface area (Å²) in [7, 11) is 1.46. The van der Waals surface area contributed by atoms with E-state index < -0.39 is 6.04 Å². The molecular weight excluding hydrogens is 338 g/mol. The van der Waals surface area contributed by atoms with Crippen LogP contribution in [-0.2, 0) is 14.4 Å². The molecule has 0 aliphatic carbocycles. The molecule has 1 atom stereocenters. The number of imide groups is 1. The number of likely N-dealkylation sites (tertiary alicyclic amines) is 1. The second-order valence-corrected chi connectivity index (χ2v) is 5.73. The van der Waals surface area contributed by atoms with Gasteiger partial charge in [-0.2, -0.15) is 0 Å². The van der Waals surface area contributed by atoms with Crippen molar-refractivity contribution in [2.24, 2.45) is 0 Å². The number of piperidine rings is 1. The summed E-state index contributed by atoms with van der Waals surface area (Å²) in [4.78, 5) is 36.1. The number of anilines is 1. The first-order chi connectivity index (χ1) is 9.97. The first kappa shape index (κ1) is 15.7. The fraction of sp³-hybridized carbons (Fsp3) is 0.357. The number of benzene rings is 1. The van der Waals surface area contributed by atoms with Crippen LogP contribution in [0, 0.1) is 0 Å². The fourth-order valence-corrected chi connectivity index (χ4v) is 2.32. The highest BCUT2D eigenvalue weighted by molar-refractivity contribution is 9.10. The highest BCUT2D eigenvalue weighted by Gasteiger charge is 2.31. The van der Waals surface area contributed by atoms with Crippen LogP contribution in [0.25, 0.3) is 0 Å². The summed E-state index contributed by atoms with van der Waals surface area (Å²) in [6, 6.07) is 6.73. The maximum absolute atomic E-state index is 11.8. The second kappa shape index (κ2) is 6.82. The van der Waals surface area contributed by atoms with E-state index in [2.05, 4.69) is 26.6 Å². The number of hydrogen-bond acceptors (Lipinski definition) is 4. The van der Waals surface area contributed by atoms with Crippen molar-refractivity contribution in [2.45, 2.75) is 18.9 Å². The Balaban J connectivity index is 1.82. The van der Waals surface area contributed by atoms with Crippen molar-refractivity contribution in [3.8, 4) is 0 Å². The zero-order valence-electron chi connectivity index (χ0n) is 11.6. The summed E-state index contributed by atoms with van der Waals surface area (Å²) in [6.45, 7) is 0.0223. The summed E-state index contributed by atoms with van der Waals surface area (Å²) in [5.41, 5.74) is 0.687. The SMILES string of the molecule is CN1C(=O)CCC(NCC(=O)Nc2ccc(Br)cc2)C1=O. The number of halogens is 1. The summed E-state index contributed by atoms with van der Waals surface area (Å²) >= 11 is 3.32. The molecule has 2 N–H and O–H groups in total. The van der Waals surface area contributed by atoms with Gasteiger partial charge in [-0.15, -0.1) is 0 Å². The molecule has 21 heavy (non-hydrogen) atoms. The smallest absolute Gasteiger partial charge is 0.246 e. The van der Waals surface area contributed by atoms with Gasteiger partial charge in [0, 0.05) is 23.6 Å². The zero-order chi connectivity index (χ0) is 15.4. The Bertz CT molecular complexity index is 559. The van der Waals surface area contributed by atoms with Gasteiger partial charge in [0.2, 0.25) is 17.7 Å². The van der Waals surface area contributed by atoms with Crippen molar-refractivity contribution < 1.29 is 14.4 Å². The van der Waals surface area contributed by atoms with Crippen LogP contribution in [0.15, 0.2) is 28.7 Å². The third-order valence-corrected chi connectivity index (χ3v) is 3.82. The first-order valence-corrected chi connectivity index (χ1v) is 7.36. The lowest BCUT2D eigenvalue weighted by Gasteiger charge is -2.28. The van der Waals surface area contributed by atoms with Gasteiger partial charge in [-0.1, -0.05) is 15.9 Å². The van der Waals surface area contributed by atoms with Gasteiger partial charge in [0.25, 0.3) is 0 Å². The third kappa shape index (κ3) is 4.12. The van der Waals surface area contributed by atoms with Crippen molar-refractivity contribution in [3.05, 3.63) is 28.7 Å². The van der Waals surface area contributed by atoms with E-state index >= 15 is 0 Å². The van der Waals surface area contributed by atoms with Crippen LogP contribution in [-0.4, -0.2) is 42.3 Å². The molecule has 1 fully saturated rings. The van der Waals surface area contributed by atoms with E-state index in [1.54, 1.807) is 12.1 Å². The van der Waals surface area contributed by atoms with Gasteiger partial charge in [-0.3, -0.25) is 24.6 Å². The van der Waals surface area contributed by atoms with E-state index in [9.17, 15) is 14.4 Å². The Morgan fingerprint density at radius 2 is 2.00 bits per heavy atom. The number of carbonyl (C=O) groups excluding carboxylic acids is 3. The normalized spacial score (nSPS) is 18.8. The average molecular weight is 354 g/mol. The van der Waals surface area contributed by atoms with Crippen LogP contribution in [0.3, 0.4) is 0 Å². The summed E-state index contributed by atoms with van der Waals surface area (Å²) in [5.74, 6) is -0.704. The maximum atomic E-state index is 11.8. The number of nitrogens with zero attached hydrogens (tertiary/aromatic N) is 1. The van der Waals surface area contributed by atoms with Crippen molar-refractivity contribution in [3.63, 3.8) is 0 Å². The Kier molecular flexibility index (Phi) is 5.08. The minimum Gasteiger partial charge on any atom is -0.325 e. The number of hydrogen-bond donors (Lipinski definition) is 2. The molecule has 1 aromatic carbocycles. The molecule has 112 valence electrons. The summed E-state index contributed by atoms with van der Waals surface area (Å²) in [5, 5.41) is 5.62. The van der Waals surface area contributed by atoms with E-state index in [0.29, 0.717) is 18.5 Å². The van der Waals surface area contributed by atoms with Gasteiger partial charge in [0.15, 0.2) is 0 Å². The van der Waals surface area contributed by atoms with Crippen LogP contribution in [0.4, 0.5) is 5.69 Å². The molecule has 0 aromatic heterocycles. The lowest BCUT2D eigenvalue weighted by Crippen LogP contribution is -2.52. The van der Waals surface area contributed by atoms with Gasteiger partial charge in [0.1, 0.15) is 0 Å². The fourth-order valence-electron chi connectivity index (χ4n) is 2.06. The van der Waals surface area contributed by atoms with Crippen molar-refractivity contribution in [1.29, 1.82) is 0 Å². The maximum Gasteiger partial charge on any atom is 0.246 e. The standard InChI is InChI=1S/C14H16BrN3O3/c1-18-13(20)7-6-11(14(18)21)16-8-12(19)17-10-4-2-9(15)3-5-10/h2-5,11,16H,6-8H2,1H3,(H,17,19). The summed E-state index contributed by atoms with van der Waals surface area (Å²) in [6.07, 6.45) is 0.738. The number of rotatable bonds is 4. The second-order valence-electron chi connectivity index (χ2n) is 4.82. The zero-order valence-corrected chi connectivity index (χ0v) is 13.1. The van der Waals surface area contributed by atoms with Crippen LogP contribution < -0.4 is 10.6 Å². The van der Waals surface area contributed by atoms with Crippen LogP contribution in [0.5, 0.6) is 0 Å². The topological polar surface area (TPSA) is 78.5 Å². The molecule has 0 radical (unpaired) electrons. The molecule has 6 nitrogen and oxygen atoms in total. The highest BCUT2D eigenvalue weighted by atomic mass is 79.9. The molecule has 3 amide bonds. The van der Waals surface area contributed by atoms with Crippen LogP contribution in [0.2, 0.25) is 0 Å². The third-order valence-electron chi connectivity index (χ3n) is 3.29. The number of likely N-dealkylation sites (N-methyl/N-ethyl adjacent to an activating group) is 1. The van der Waals surface area contributed by atoms with Crippen LogP contribution >= 0.6 is 15.9 Å². The quantitative estimate of drug-likeness (QED) is 0.795. The Morgan fingerprint density at radius 3 is 2.67 bits per heavy atom. The molecule has 2 rings (SSSR count). The highest BCUT2D eigenvalue weighted by Crippen LogP contribution is 2.14. The Morgan fingerprint density at radius 1 is 1.33 bits per heavy atom. The molecule has 0 saturated carbocycles. The van der Waals surface area contributed by atoms with E-state index in [1.165, 1.54) is 7.05 Å². The summed E-state index contributed by atoms with van der Waals surface area (Å²) < 4.78 is 0.930. The first-order valence-electron chi connectivity index (χ1n) is 6.56. The van der Waals surface area contributed by atoms with Gasteiger partial charge < -0.3 is 5.32 Å². The minimum atomic E-state index is -0.483. The predicted molar refractivity (Wildman–Crippen MR) is 81.6 cm³/mol. The lowest BCUT2D eigenvalue weighted by atomic mass is 10.0. The van der Waals surface area contributed by atoms with E-state index in [-0.39, 0.29) is 24.3 Å². The Hall–Kier alpha value is -1.73. The molecule has 1 saturated heterocycles. The predicted octanol–water partition coefficient (Wildman–Crippen LogP) is 1.12. The lowest BCUT2D eigenvalue weighted by molar-refractivity contribution is -0.148. The average Bonchev–Trinajstić information content (AvgIpc) is 2.46. The van der Waals surface area contributed by atoms with Gasteiger partial charge in [0.05, 0.1) is 12.6 Å². The van der Waals surface area contributed by atoms with Crippen molar-refractivity contribution in [2.75, 3.05) is 18.9 Å². The van der Waals surface area contributed by atoms with Gasteiger partial charge in [-0.05, 0) is 30.7 Å². The number of carbonyl (C=O) groups is 3. The van der Waals surface area contributed by atoms with Gasteiger partial charge in [-0.25, -0.2) is 0 Å². The molecule has 0 bridgehead atoms. The molecule has 0 spiro atoms. The largest absolute Gasteiger partial charge is 0.325 e. The van der Waals surface area contributed by atoms with Gasteiger partial charge >= 0.3 is 0 Å². The van der Waals surface area contributed by atoms with E-state index in [4.69, 9.17) is 0 Å². The minimum absolute atomic E-state index is 0.0223. The monoisotopic (exact) mass is 353 g/mol. The Labute approximate surface area is 131 Å². The van der Waals surface area contributed by atoms with E-state index in [1.807, 2.05) is 12.1 Å². The van der Waals surface area contributed by atoms with E-state index in [0.717, 1.165) is 9.37 Å². The molecule has 1 unspecified atom stereocenters. The van der Waals surface area contributed by atoms with Crippen LogP contribution in [0.1, 0.15) is 12.8 Å². The van der Waals surface area contributed by atoms with Crippen molar-refractivity contribution in [1.82, 2.24) is 10.2 Å². The number of amides is 3. The molecule has 1 heterocycles. The number of nitrogens with one attached hydrogen (secondary N) is 2.